The number of rotatable bonds is 6. The first-order valence-electron chi connectivity index (χ1n) is 9.93. The van der Waals surface area contributed by atoms with Gasteiger partial charge in [0.15, 0.2) is 0 Å². The predicted octanol–water partition coefficient (Wildman–Crippen LogP) is 6.37. The Morgan fingerprint density at radius 2 is 1.70 bits per heavy atom. The second kappa shape index (κ2) is 8.82. The van der Waals surface area contributed by atoms with Crippen molar-refractivity contribution >= 4 is 28.3 Å². The minimum absolute atomic E-state index is 0.196. The Morgan fingerprint density at radius 1 is 0.967 bits per heavy atom. The number of pyridine rings is 2. The molecule has 2 aromatic carbocycles. The second-order valence-electron chi connectivity index (χ2n) is 7.50. The van der Waals surface area contributed by atoms with Crippen molar-refractivity contribution in [3.8, 4) is 22.4 Å². The van der Waals surface area contributed by atoms with Crippen LogP contribution in [0, 0.1) is 6.92 Å². The molecule has 0 aliphatic rings. The first-order chi connectivity index (χ1) is 14.5. The molecule has 0 fully saturated rings. The highest BCUT2D eigenvalue weighted by Crippen LogP contribution is 2.28. The zero-order valence-corrected chi connectivity index (χ0v) is 18.1. The summed E-state index contributed by atoms with van der Waals surface area (Å²) in [4.78, 5) is 9.44. The van der Waals surface area contributed by atoms with Crippen LogP contribution in [0.3, 0.4) is 0 Å². The van der Waals surface area contributed by atoms with Gasteiger partial charge in [-0.05, 0) is 61.4 Å². The maximum atomic E-state index is 5.98. The molecule has 0 aliphatic carbocycles. The molecule has 4 nitrogen and oxygen atoms in total. The molecule has 1 unspecified atom stereocenters. The van der Waals surface area contributed by atoms with E-state index in [0.717, 1.165) is 44.1 Å². The van der Waals surface area contributed by atoms with Crippen LogP contribution in [0.5, 0.6) is 0 Å². The number of aromatic nitrogens is 2. The molecule has 0 amide bonds. The summed E-state index contributed by atoms with van der Waals surface area (Å²) in [5.41, 5.74) is 6.30. The summed E-state index contributed by atoms with van der Waals surface area (Å²) < 4.78 is 5.20. The van der Waals surface area contributed by atoms with Gasteiger partial charge in [-0.3, -0.25) is 4.98 Å². The van der Waals surface area contributed by atoms with Crippen molar-refractivity contribution in [1.29, 1.82) is 0 Å². The van der Waals surface area contributed by atoms with Gasteiger partial charge in [-0.2, -0.15) is 0 Å². The molecule has 4 rings (SSSR count). The Kier molecular flexibility index (Phi) is 5.98. The highest BCUT2D eigenvalue weighted by Gasteiger charge is 2.09. The Morgan fingerprint density at radius 3 is 2.40 bits per heavy atom. The van der Waals surface area contributed by atoms with Crippen LogP contribution in [0.2, 0.25) is 5.02 Å². The van der Waals surface area contributed by atoms with Crippen molar-refractivity contribution < 1.29 is 4.74 Å². The predicted molar refractivity (Wildman–Crippen MR) is 125 cm³/mol. The molecule has 0 aliphatic heterocycles. The number of benzene rings is 2. The summed E-state index contributed by atoms with van der Waals surface area (Å²) in [5.74, 6) is 0.864. The summed E-state index contributed by atoms with van der Waals surface area (Å²) in [7, 11) is 1.70. The summed E-state index contributed by atoms with van der Waals surface area (Å²) in [6.45, 7) is 4.82. The van der Waals surface area contributed by atoms with Gasteiger partial charge in [-0.15, -0.1) is 0 Å². The summed E-state index contributed by atoms with van der Waals surface area (Å²) in [5, 5.41) is 5.25. The van der Waals surface area contributed by atoms with Gasteiger partial charge < -0.3 is 10.1 Å². The highest BCUT2D eigenvalue weighted by atomic mass is 35.5. The highest BCUT2D eigenvalue weighted by molar-refractivity contribution is 6.30. The average Bonchev–Trinajstić information content (AvgIpc) is 2.74. The van der Waals surface area contributed by atoms with Crippen molar-refractivity contribution in [2.45, 2.75) is 19.9 Å². The molecule has 2 heterocycles. The van der Waals surface area contributed by atoms with E-state index in [9.17, 15) is 0 Å². The molecule has 152 valence electrons. The number of ether oxygens (including phenoxy) is 1. The van der Waals surface area contributed by atoms with E-state index in [1.54, 1.807) is 7.11 Å². The van der Waals surface area contributed by atoms with Crippen LogP contribution in [0.25, 0.3) is 33.3 Å². The van der Waals surface area contributed by atoms with Gasteiger partial charge in [0, 0.05) is 40.9 Å². The lowest BCUT2D eigenvalue weighted by Crippen LogP contribution is -2.21. The van der Waals surface area contributed by atoms with Gasteiger partial charge in [0.05, 0.1) is 17.8 Å². The number of nitrogens with one attached hydrogen (secondary N) is 1. The van der Waals surface area contributed by atoms with Gasteiger partial charge in [-0.25, -0.2) is 4.98 Å². The molecule has 1 N–H and O–H groups in total. The second-order valence-corrected chi connectivity index (χ2v) is 7.93. The monoisotopic (exact) mass is 417 g/mol. The number of halogens is 1. The van der Waals surface area contributed by atoms with Crippen LogP contribution in [-0.4, -0.2) is 29.7 Å². The van der Waals surface area contributed by atoms with Gasteiger partial charge in [0.25, 0.3) is 0 Å². The first-order valence-corrected chi connectivity index (χ1v) is 10.3. The third-order valence-corrected chi connectivity index (χ3v) is 5.32. The summed E-state index contributed by atoms with van der Waals surface area (Å²) in [6.07, 6.45) is 1.90. The van der Waals surface area contributed by atoms with Crippen LogP contribution in [0.15, 0.2) is 66.9 Å². The third-order valence-electron chi connectivity index (χ3n) is 5.06. The quantitative estimate of drug-likeness (QED) is 0.395. The maximum absolute atomic E-state index is 5.98. The Hall–Kier alpha value is -2.95. The average molecular weight is 418 g/mol. The smallest absolute Gasteiger partial charge is 0.127 e. The van der Waals surface area contributed by atoms with Crippen LogP contribution in [0.4, 0.5) is 5.82 Å². The lowest BCUT2D eigenvalue weighted by molar-refractivity contribution is 0.190. The molecule has 0 radical (unpaired) electrons. The maximum Gasteiger partial charge on any atom is 0.127 e. The van der Waals surface area contributed by atoms with Gasteiger partial charge in [0.2, 0.25) is 0 Å². The van der Waals surface area contributed by atoms with E-state index >= 15 is 0 Å². The fourth-order valence-electron chi connectivity index (χ4n) is 3.55. The minimum atomic E-state index is 0.196. The Balaban J connectivity index is 1.61. The Bertz CT molecular complexity index is 1160. The Labute approximate surface area is 181 Å². The molecular formula is C25H24ClN3O. The van der Waals surface area contributed by atoms with Crippen molar-refractivity contribution in [1.82, 2.24) is 9.97 Å². The molecular weight excluding hydrogens is 394 g/mol. The van der Waals surface area contributed by atoms with Crippen LogP contribution >= 0.6 is 11.6 Å². The number of nitrogens with zero attached hydrogens (tertiary/aromatic N) is 2. The molecule has 2 aromatic heterocycles. The van der Waals surface area contributed by atoms with E-state index < -0.39 is 0 Å². The van der Waals surface area contributed by atoms with Crippen LogP contribution < -0.4 is 5.32 Å². The zero-order chi connectivity index (χ0) is 21.1. The molecule has 5 heteroatoms. The topological polar surface area (TPSA) is 47.0 Å². The van der Waals surface area contributed by atoms with Crippen molar-refractivity contribution in [2.24, 2.45) is 0 Å². The zero-order valence-electron chi connectivity index (χ0n) is 17.3. The largest absolute Gasteiger partial charge is 0.383 e. The lowest BCUT2D eigenvalue weighted by atomic mass is 10.0. The standard InChI is InChI=1S/C25H24ClN3O/c1-16-12-25(28-17(2)15-30-3)29-24-11-6-19(13-22(16)24)23-10-7-20(14-27-23)18-4-8-21(26)9-5-18/h4-14,17H,15H2,1-3H3,(H,28,29). The molecule has 30 heavy (non-hydrogen) atoms. The summed E-state index contributed by atoms with van der Waals surface area (Å²) >= 11 is 5.98. The molecule has 1 atom stereocenters. The van der Waals surface area contributed by atoms with E-state index in [-0.39, 0.29) is 6.04 Å². The molecule has 4 aromatic rings. The molecule has 0 saturated heterocycles. The molecule has 0 saturated carbocycles. The molecule has 0 bridgehead atoms. The van der Waals surface area contributed by atoms with Gasteiger partial charge >= 0.3 is 0 Å². The fraction of sp³-hybridized carbons (Fsp3) is 0.200. The van der Waals surface area contributed by atoms with Gasteiger partial charge in [-0.1, -0.05) is 35.9 Å². The van der Waals surface area contributed by atoms with E-state index in [4.69, 9.17) is 21.3 Å². The number of hydrogen-bond donors (Lipinski definition) is 1. The third kappa shape index (κ3) is 4.45. The van der Waals surface area contributed by atoms with Crippen molar-refractivity contribution in [3.05, 3.63) is 77.4 Å². The van der Waals surface area contributed by atoms with Crippen molar-refractivity contribution in [2.75, 3.05) is 19.0 Å². The van der Waals surface area contributed by atoms with Crippen LogP contribution in [0.1, 0.15) is 12.5 Å². The number of methoxy groups -OCH3 is 1. The normalized spacial score (nSPS) is 12.1. The van der Waals surface area contributed by atoms with E-state index in [1.807, 2.05) is 30.5 Å². The minimum Gasteiger partial charge on any atom is -0.383 e. The van der Waals surface area contributed by atoms with Crippen LogP contribution in [-0.2, 0) is 4.74 Å². The number of anilines is 1. The number of aryl methyl sites for hydroxylation is 1. The fourth-order valence-corrected chi connectivity index (χ4v) is 3.68. The summed E-state index contributed by atoms with van der Waals surface area (Å²) in [6, 6.07) is 20.5. The number of hydrogen-bond acceptors (Lipinski definition) is 4. The molecule has 0 spiro atoms. The van der Waals surface area contributed by atoms with E-state index in [2.05, 4.69) is 60.5 Å². The lowest BCUT2D eigenvalue weighted by Gasteiger charge is -2.15. The van der Waals surface area contributed by atoms with Crippen molar-refractivity contribution in [3.63, 3.8) is 0 Å². The first kappa shape index (κ1) is 20.3. The van der Waals surface area contributed by atoms with E-state index in [0.29, 0.717) is 6.61 Å². The van der Waals surface area contributed by atoms with Gasteiger partial charge in [0.1, 0.15) is 5.82 Å². The van der Waals surface area contributed by atoms with E-state index in [1.165, 1.54) is 5.56 Å². The SMILES string of the molecule is COCC(C)Nc1cc(C)c2cc(-c3ccc(-c4ccc(Cl)cc4)cn3)ccc2n1. The number of fused-ring (bicyclic) bond motifs is 1.